The number of nitrogens with zero attached hydrogens (tertiary/aromatic N) is 1. The zero-order valence-corrected chi connectivity index (χ0v) is 9.85. The lowest BCUT2D eigenvalue weighted by atomic mass is 10.1. The third kappa shape index (κ3) is 3.06. The van der Waals surface area contributed by atoms with Gasteiger partial charge in [-0.3, -0.25) is 0 Å². The molecule has 0 radical (unpaired) electrons. The van der Waals surface area contributed by atoms with Crippen molar-refractivity contribution in [1.29, 1.82) is 0 Å². The predicted molar refractivity (Wildman–Crippen MR) is 66.0 cm³/mol. The molecular formula is C11H12N2S2. The Morgan fingerprint density at radius 3 is 2.93 bits per heavy atom. The number of aromatic nitrogens is 1. The van der Waals surface area contributed by atoms with Crippen LogP contribution in [0.3, 0.4) is 0 Å². The van der Waals surface area contributed by atoms with Gasteiger partial charge in [0.2, 0.25) is 0 Å². The summed E-state index contributed by atoms with van der Waals surface area (Å²) < 4.78 is 1.12. The van der Waals surface area contributed by atoms with Crippen molar-refractivity contribution in [1.82, 2.24) is 4.98 Å². The van der Waals surface area contributed by atoms with E-state index in [2.05, 4.69) is 29.2 Å². The Bertz CT molecular complexity index is 412. The second-order valence-electron chi connectivity index (χ2n) is 3.11. The molecule has 4 heteroatoms. The Hall–Kier alpha value is -0.840. The van der Waals surface area contributed by atoms with Gasteiger partial charge in [-0.2, -0.15) is 0 Å². The molecular weight excluding hydrogens is 224 g/mol. The van der Waals surface area contributed by atoms with Crippen LogP contribution in [0.1, 0.15) is 11.1 Å². The first kappa shape index (κ1) is 10.7. The van der Waals surface area contributed by atoms with Crippen molar-refractivity contribution in [2.45, 2.75) is 16.6 Å². The van der Waals surface area contributed by atoms with Crippen molar-refractivity contribution in [2.75, 3.05) is 0 Å². The maximum absolute atomic E-state index is 5.59. The van der Waals surface area contributed by atoms with Gasteiger partial charge in [-0.05, 0) is 11.1 Å². The van der Waals surface area contributed by atoms with Gasteiger partial charge in [0, 0.05) is 23.9 Å². The summed E-state index contributed by atoms with van der Waals surface area (Å²) in [6.45, 7) is 0.607. The van der Waals surface area contributed by atoms with Crippen LogP contribution in [0.15, 0.2) is 40.2 Å². The molecule has 1 aromatic heterocycles. The highest BCUT2D eigenvalue weighted by atomic mass is 32.2. The highest BCUT2D eigenvalue weighted by molar-refractivity contribution is 8.00. The predicted octanol–water partition coefficient (Wildman–Crippen LogP) is 2.89. The van der Waals surface area contributed by atoms with E-state index in [0.29, 0.717) is 6.54 Å². The summed E-state index contributed by atoms with van der Waals surface area (Å²) in [4.78, 5) is 4.23. The average Bonchev–Trinajstić information content (AvgIpc) is 2.79. The Labute approximate surface area is 97.5 Å². The molecule has 78 valence electrons. The molecule has 2 nitrogen and oxygen atoms in total. The van der Waals surface area contributed by atoms with E-state index in [0.717, 1.165) is 10.1 Å². The normalized spacial score (nSPS) is 10.5. The molecule has 0 unspecified atom stereocenters. The van der Waals surface area contributed by atoms with Gasteiger partial charge < -0.3 is 5.73 Å². The van der Waals surface area contributed by atoms with Gasteiger partial charge in [0.15, 0.2) is 0 Å². The Kier molecular flexibility index (Phi) is 3.77. The van der Waals surface area contributed by atoms with Crippen LogP contribution in [-0.2, 0) is 12.3 Å². The minimum atomic E-state index is 0.607. The summed E-state index contributed by atoms with van der Waals surface area (Å²) in [5.41, 5.74) is 8.08. The fourth-order valence-corrected chi connectivity index (χ4v) is 2.85. The highest BCUT2D eigenvalue weighted by Gasteiger charge is 1.99. The van der Waals surface area contributed by atoms with Gasteiger partial charge in [0.05, 0.1) is 0 Å². The largest absolute Gasteiger partial charge is 0.326 e. The van der Waals surface area contributed by atoms with Crippen molar-refractivity contribution in [3.05, 3.63) is 47.0 Å². The first-order valence-electron chi connectivity index (χ1n) is 4.68. The molecule has 0 aliphatic heterocycles. The van der Waals surface area contributed by atoms with Crippen molar-refractivity contribution in [3.8, 4) is 0 Å². The van der Waals surface area contributed by atoms with Gasteiger partial charge in [0.25, 0.3) is 0 Å². The summed E-state index contributed by atoms with van der Waals surface area (Å²) in [5, 5.41) is 2.00. The summed E-state index contributed by atoms with van der Waals surface area (Å²) >= 11 is 3.45. The van der Waals surface area contributed by atoms with E-state index < -0.39 is 0 Å². The van der Waals surface area contributed by atoms with E-state index in [1.54, 1.807) is 23.1 Å². The molecule has 2 N–H and O–H groups in total. The molecule has 0 aliphatic rings. The van der Waals surface area contributed by atoms with Crippen LogP contribution in [-0.4, -0.2) is 4.98 Å². The summed E-state index contributed by atoms with van der Waals surface area (Å²) in [7, 11) is 0. The SMILES string of the molecule is NCc1cccc(CSc2nccs2)c1. The van der Waals surface area contributed by atoms with Gasteiger partial charge in [-0.1, -0.05) is 36.0 Å². The molecule has 0 saturated heterocycles. The number of hydrogen-bond acceptors (Lipinski definition) is 4. The van der Waals surface area contributed by atoms with Crippen molar-refractivity contribution in [2.24, 2.45) is 5.73 Å². The zero-order chi connectivity index (χ0) is 10.5. The molecule has 0 saturated carbocycles. The molecule has 0 bridgehead atoms. The second-order valence-corrected chi connectivity index (χ2v) is 5.23. The summed E-state index contributed by atoms with van der Waals surface area (Å²) in [6.07, 6.45) is 1.84. The number of nitrogens with two attached hydrogens (primary N) is 1. The van der Waals surface area contributed by atoms with E-state index in [1.165, 1.54) is 11.1 Å². The van der Waals surface area contributed by atoms with Crippen molar-refractivity contribution < 1.29 is 0 Å². The smallest absolute Gasteiger partial charge is 0.150 e. The number of rotatable bonds is 4. The molecule has 0 fully saturated rings. The third-order valence-corrected chi connectivity index (χ3v) is 4.04. The topological polar surface area (TPSA) is 38.9 Å². The lowest BCUT2D eigenvalue weighted by Gasteiger charge is -2.01. The number of thioether (sulfide) groups is 1. The fourth-order valence-electron chi connectivity index (χ4n) is 1.27. The Morgan fingerprint density at radius 2 is 2.20 bits per heavy atom. The van der Waals surface area contributed by atoms with E-state index in [1.807, 2.05) is 11.6 Å². The lowest BCUT2D eigenvalue weighted by molar-refractivity contribution is 1.06. The van der Waals surface area contributed by atoms with E-state index in [4.69, 9.17) is 5.73 Å². The molecule has 1 heterocycles. The molecule has 1 aromatic carbocycles. The molecule has 0 spiro atoms. The van der Waals surface area contributed by atoms with Crippen LogP contribution in [0.5, 0.6) is 0 Å². The van der Waals surface area contributed by atoms with Gasteiger partial charge in [-0.25, -0.2) is 4.98 Å². The molecule has 0 amide bonds. The zero-order valence-electron chi connectivity index (χ0n) is 8.22. The van der Waals surface area contributed by atoms with Crippen LogP contribution in [0.4, 0.5) is 0 Å². The molecule has 0 atom stereocenters. The van der Waals surface area contributed by atoms with Crippen LogP contribution in [0, 0.1) is 0 Å². The van der Waals surface area contributed by atoms with Gasteiger partial charge in [0.1, 0.15) is 4.34 Å². The average molecular weight is 236 g/mol. The molecule has 2 rings (SSSR count). The quantitative estimate of drug-likeness (QED) is 0.830. The van der Waals surface area contributed by atoms with E-state index in [-0.39, 0.29) is 0 Å². The molecule has 2 aromatic rings. The fraction of sp³-hybridized carbons (Fsp3) is 0.182. The molecule has 0 aliphatic carbocycles. The summed E-state index contributed by atoms with van der Waals surface area (Å²) in [5.74, 6) is 0.960. The summed E-state index contributed by atoms with van der Waals surface area (Å²) in [6, 6.07) is 8.39. The maximum Gasteiger partial charge on any atom is 0.150 e. The number of hydrogen-bond donors (Lipinski definition) is 1. The first-order chi connectivity index (χ1) is 7.38. The minimum Gasteiger partial charge on any atom is -0.326 e. The maximum atomic E-state index is 5.59. The second kappa shape index (κ2) is 5.30. The number of benzene rings is 1. The lowest BCUT2D eigenvalue weighted by Crippen LogP contribution is -1.96. The Balaban J connectivity index is 1.98. The van der Waals surface area contributed by atoms with E-state index >= 15 is 0 Å². The highest BCUT2D eigenvalue weighted by Crippen LogP contribution is 2.24. The third-order valence-electron chi connectivity index (χ3n) is 2.00. The van der Waals surface area contributed by atoms with Gasteiger partial charge in [-0.15, -0.1) is 11.3 Å². The van der Waals surface area contributed by atoms with Crippen LogP contribution < -0.4 is 5.73 Å². The standard InChI is InChI=1S/C11H12N2S2/c12-7-9-2-1-3-10(6-9)8-15-11-13-4-5-14-11/h1-6H,7-8,12H2. The van der Waals surface area contributed by atoms with Gasteiger partial charge >= 0.3 is 0 Å². The van der Waals surface area contributed by atoms with Crippen LogP contribution in [0.2, 0.25) is 0 Å². The van der Waals surface area contributed by atoms with E-state index in [9.17, 15) is 0 Å². The first-order valence-corrected chi connectivity index (χ1v) is 6.55. The van der Waals surface area contributed by atoms with Crippen LogP contribution in [0.25, 0.3) is 0 Å². The van der Waals surface area contributed by atoms with Crippen molar-refractivity contribution >= 4 is 23.1 Å². The monoisotopic (exact) mass is 236 g/mol. The number of thiazole rings is 1. The minimum absolute atomic E-state index is 0.607. The van der Waals surface area contributed by atoms with Crippen molar-refractivity contribution in [3.63, 3.8) is 0 Å². The molecule has 15 heavy (non-hydrogen) atoms. The Morgan fingerprint density at radius 1 is 1.33 bits per heavy atom. The van der Waals surface area contributed by atoms with Crippen LogP contribution >= 0.6 is 23.1 Å².